The number of hydrogen-bond acceptors (Lipinski definition) is 1. The van der Waals surface area contributed by atoms with Crippen LogP contribution in [0.5, 0.6) is 0 Å². The molecule has 1 amide bonds. The van der Waals surface area contributed by atoms with Gasteiger partial charge in [-0.2, -0.15) is 0 Å². The van der Waals surface area contributed by atoms with Crippen LogP contribution in [0.1, 0.15) is 28.9 Å². The average molecular weight is 164 g/mol. The van der Waals surface area contributed by atoms with Crippen LogP contribution in [-0.4, -0.2) is 10.5 Å². The fourth-order valence-corrected chi connectivity index (χ4v) is 1.79. The fourth-order valence-electron chi connectivity index (χ4n) is 1.79. The van der Waals surface area contributed by atoms with Gasteiger partial charge in [-0.3, -0.25) is 4.79 Å². The second kappa shape index (κ2) is 2.66. The third-order valence-corrected chi connectivity index (χ3v) is 2.41. The van der Waals surface area contributed by atoms with Gasteiger partial charge in [0.25, 0.3) is 5.91 Å². The Kier molecular flexibility index (Phi) is 1.64. The molecule has 0 radical (unpaired) electrons. The number of fused-ring (bicyclic) bond motifs is 1. The van der Waals surface area contributed by atoms with Crippen LogP contribution in [-0.2, 0) is 13.0 Å². The molecule has 0 aromatic carbocycles. The smallest absolute Gasteiger partial charge is 0.250 e. The predicted molar refractivity (Wildman–Crippen MR) is 45.9 cm³/mol. The van der Waals surface area contributed by atoms with Crippen LogP contribution in [0.15, 0.2) is 12.3 Å². The van der Waals surface area contributed by atoms with E-state index in [4.69, 9.17) is 5.73 Å². The Hall–Kier alpha value is -1.25. The van der Waals surface area contributed by atoms with E-state index in [2.05, 4.69) is 4.57 Å². The molecule has 2 N–H and O–H groups in total. The van der Waals surface area contributed by atoms with Gasteiger partial charge in [0.1, 0.15) is 0 Å². The molecule has 3 heteroatoms. The molecule has 0 aliphatic carbocycles. The maximum atomic E-state index is 10.9. The largest absolute Gasteiger partial charge is 0.366 e. The number of amides is 1. The standard InChI is InChI=1S/C9H12N2O/c10-9(12)7-4-6-11-5-2-1-3-8(7)11/h4,6H,1-3,5H2,(H2,10,12). The lowest BCUT2D eigenvalue weighted by Crippen LogP contribution is -2.16. The van der Waals surface area contributed by atoms with Crippen molar-refractivity contribution in [1.29, 1.82) is 0 Å². The van der Waals surface area contributed by atoms with Gasteiger partial charge in [-0.05, 0) is 25.3 Å². The van der Waals surface area contributed by atoms with Gasteiger partial charge in [0.2, 0.25) is 0 Å². The lowest BCUT2D eigenvalue weighted by atomic mass is 10.1. The van der Waals surface area contributed by atoms with E-state index in [0.717, 1.165) is 18.7 Å². The van der Waals surface area contributed by atoms with E-state index in [1.807, 2.05) is 12.3 Å². The van der Waals surface area contributed by atoms with Gasteiger partial charge in [0.15, 0.2) is 0 Å². The van der Waals surface area contributed by atoms with Crippen LogP contribution in [0.25, 0.3) is 0 Å². The summed E-state index contributed by atoms with van der Waals surface area (Å²) in [7, 11) is 0. The highest BCUT2D eigenvalue weighted by Crippen LogP contribution is 2.19. The van der Waals surface area contributed by atoms with Crippen molar-refractivity contribution in [2.24, 2.45) is 5.73 Å². The molecule has 1 aromatic rings. The van der Waals surface area contributed by atoms with Crippen molar-refractivity contribution in [2.45, 2.75) is 25.8 Å². The minimum atomic E-state index is -0.300. The van der Waals surface area contributed by atoms with Gasteiger partial charge in [-0.15, -0.1) is 0 Å². The third kappa shape index (κ3) is 1.02. The zero-order valence-electron chi connectivity index (χ0n) is 6.92. The van der Waals surface area contributed by atoms with Crippen LogP contribution in [0.2, 0.25) is 0 Å². The molecular formula is C9H12N2O. The Labute approximate surface area is 71.2 Å². The molecule has 0 spiro atoms. The zero-order chi connectivity index (χ0) is 8.55. The van der Waals surface area contributed by atoms with Crippen molar-refractivity contribution in [3.05, 3.63) is 23.5 Å². The molecule has 0 fully saturated rings. The average Bonchev–Trinajstić information content (AvgIpc) is 2.47. The summed E-state index contributed by atoms with van der Waals surface area (Å²) in [5, 5.41) is 0. The summed E-state index contributed by atoms with van der Waals surface area (Å²) in [6.45, 7) is 1.03. The first-order valence-electron chi connectivity index (χ1n) is 4.27. The van der Waals surface area contributed by atoms with Crippen LogP contribution in [0.4, 0.5) is 0 Å². The van der Waals surface area contributed by atoms with Gasteiger partial charge in [0.05, 0.1) is 5.56 Å². The summed E-state index contributed by atoms with van der Waals surface area (Å²) >= 11 is 0. The molecule has 0 saturated carbocycles. The number of hydrogen-bond donors (Lipinski definition) is 1. The molecule has 2 rings (SSSR count). The van der Waals surface area contributed by atoms with E-state index in [1.165, 1.54) is 12.8 Å². The Morgan fingerprint density at radius 3 is 3.08 bits per heavy atom. The van der Waals surface area contributed by atoms with Gasteiger partial charge in [-0.25, -0.2) is 0 Å². The summed E-state index contributed by atoms with van der Waals surface area (Å²) in [4.78, 5) is 10.9. The topological polar surface area (TPSA) is 48.0 Å². The van der Waals surface area contributed by atoms with Crippen molar-refractivity contribution >= 4 is 5.91 Å². The van der Waals surface area contributed by atoms with Crippen molar-refractivity contribution in [1.82, 2.24) is 4.57 Å². The van der Waals surface area contributed by atoms with Gasteiger partial charge < -0.3 is 10.3 Å². The van der Waals surface area contributed by atoms with Gasteiger partial charge in [0, 0.05) is 18.4 Å². The van der Waals surface area contributed by atoms with Crippen LogP contribution in [0, 0.1) is 0 Å². The monoisotopic (exact) mass is 164 g/mol. The van der Waals surface area contributed by atoms with Crippen molar-refractivity contribution in [2.75, 3.05) is 0 Å². The Bertz CT molecular complexity index is 314. The number of carbonyl (C=O) groups excluding carboxylic acids is 1. The zero-order valence-corrected chi connectivity index (χ0v) is 6.92. The minimum absolute atomic E-state index is 0.300. The number of nitrogens with two attached hydrogens (primary N) is 1. The molecular weight excluding hydrogens is 152 g/mol. The van der Waals surface area contributed by atoms with Crippen LogP contribution < -0.4 is 5.73 Å². The highest BCUT2D eigenvalue weighted by Gasteiger charge is 2.15. The maximum Gasteiger partial charge on any atom is 0.250 e. The Morgan fingerprint density at radius 1 is 1.50 bits per heavy atom. The lowest BCUT2D eigenvalue weighted by molar-refractivity contribution is 0.0999. The first-order chi connectivity index (χ1) is 5.79. The molecule has 0 unspecified atom stereocenters. The maximum absolute atomic E-state index is 10.9. The van der Waals surface area contributed by atoms with E-state index < -0.39 is 0 Å². The van der Waals surface area contributed by atoms with E-state index >= 15 is 0 Å². The van der Waals surface area contributed by atoms with E-state index in [9.17, 15) is 4.79 Å². The summed E-state index contributed by atoms with van der Waals surface area (Å²) in [6.07, 6.45) is 5.32. The normalized spacial score (nSPS) is 15.7. The fraction of sp³-hybridized carbons (Fsp3) is 0.444. The second-order valence-electron chi connectivity index (χ2n) is 3.19. The highest BCUT2D eigenvalue weighted by molar-refractivity contribution is 5.94. The number of primary amides is 1. The van der Waals surface area contributed by atoms with Crippen molar-refractivity contribution < 1.29 is 4.79 Å². The molecule has 1 aliphatic rings. The SMILES string of the molecule is NC(=O)c1ccn2c1CCCC2. The molecule has 0 saturated heterocycles. The van der Waals surface area contributed by atoms with Crippen molar-refractivity contribution in [3.63, 3.8) is 0 Å². The first kappa shape index (κ1) is 7.40. The predicted octanol–water partition coefficient (Wildman–Crippen LogP) is 0.923. The Balaban J connectivity index is 2.44. The molecule has 2 heterocycles. The van der Waals surface area contributed by atoms with E-state index in [0.29, 0.717) is 5.56 Å². The first-order valence-corrected chi connectivity index (χ1v) is 4.27. The highest BCUT2D eigenvalue weighted by atomic mass is 16.1. The summed E-state index contributed by atoms with van der Waals surface area (Å²) in [5.74, 6) is -0.300. The lowest BCUT2D eigenvalue weighted by Gasteiger charge is -2.15. The van der Waals surface area contributed by atoms with Crippen LogP contribution >= 0.6 is 0 Å². The quantitative estimate of drug-likeness (QED) is 0.659. The van der Waals surface area contributed by atoms with Crippen molar-refractivity contribution in [3.8, 4) is 0 Å². The number of aromatic nitrogens is 1. The molecule has 64 valence electrons. The minimum Gasteiger partial charge on any atom is -0.366 e. The van der Waals surface area contributed by atoms with E-state index in [-0.39, 0.29) is 5.91 Å². The number of carbonyl (C=O) groups is 1. The van der Waals surface area contributed by atoms with E-state index in [1.54, 1.807) is 0 Å². The molecule has 3 nitrogen and oxygen atoms in total. The van der Waals surface area contributed by atoms with Gasteiger partial charge in [-0.1, -0.05) is 0 Å². The summed E-state index contributed by atoms with van der Waals surface area (Å²) < 4.78 is 2.13. The molecule has 12 heavy (non-hydrogen) atoms. The molecule has 0 atom stereocenters. The second-order valence-corrected chi connectivity index (χ2v) is 3.19. The Morgan fingerprint density at radius 2 is 2.33 bits per heavy atom. The number of nitrogens with zero attached hydrogens (tertiary/aromatic N) is 1. The summed E-state index contributed by atoms with van der Waals surface area (Å²) in [5.41, 5.74) is 7.05. The summed E-state index contributed by atoms with van der Waals surface area (Å²) in [6, 6.07) is 1.82. The number of aryl methyl sites for hydroxylation is 1. The molecule has 0 bridgehead atoms. The molecule has 1 aromatic heterocycles. The molecule has 1 aliphatic heterocycles. The number of rotatable bonds is 1. The third-order valence-electron chi connectivity index (χ3n) is 2.41. The van der Waals surface area contributed by atoms with Gasteiger partial charge >= 0.3 is 0 Å². The van der Waals surface area contributed by atoms with Crippen LogP contribution in [0.3, 0.4) is 0 Å².